The monoisotopic (exact) mass is 401 g/mol. The highest BCUT2D eigenvalue weighted by molar-refractivity contribution is 6.35. The first-order chi connectivity index (χ1) is 12.3. The van der Waals surface area contributed by atoms with Crippen LogP contribution in [0.3, 0.4) is 0 Å². The molecule has 2 rings (SSSR count). The number of benzene rings is 2. The number of halogens is 3. The van der Waals surface area contributed by atoms with E-state index in [-0.39, 0.29) is 15.6 Å². The van der Waals surface area contributed by atoms with E-state index in [9.17, 15) is 9.18 Å². The predicted octanol–water partition coefficient (Wildman–Crippen LogP) is 4.65. The molecule has 0 spiro atoms. The van der Waals surface area contributed by atoms with Crippen LogP contribution in [0.2, 0.25) is 10.0 Å². The maximum Gasteiger partial charge on any atom is 0.252 e. The summed E-state index contributed by atoms with van der Waals surface area (Å²) >= 11 is 11.8. The van der Waals surface area contributed by atoms with Gasteiger partial charge in [0.15, 0.2) is 11.5 Å². The Balaban J connectivity index is 2.31. The van der Waals surface area contributed by atoms with Crippen molar-refractivity contribution < 1.29 is 23.4 Å². The topological polar surface area (TPSA) is 56.8 Å². The number of carbonyl (C=O) groups is 1. The van der Waals surface area contributed by atoms with Crippen molar-refractivity contribution in [2.24, 2.45) is 0 Å². The second-order valence-electron chi connectivity index (χ2n) is 5.40. The van der Waals surface area contributed by atoms with Crippen LogP contribution in [0, 0.1) is 5.82 Å². The maximum absolute atomic E-state index is 13.7. The van der Waals surface area contributed by atoms with Crippen LogP contribution in [-0.4, -0.2) is 27.2 Å². The van der Waals surface area contributed by atoms with Crippen LogP contribution in [0.4, 0.5) is 4.39 Å². The number of ether oxygens (including phenoxy) is 3. The molecule has 1 unspecified atom stereocenters. The fraction of sp³-hybridized carbons (Fsp3) is 0.278. The molecule has 8 heteroatoms. The number of amides is 1. The molecule has 26 heavy (non-hydrogen) atoms. The van der Waals surface area contributed by atoms with E-state index in [1.165, 1.54) is 45.6 Å². The van der Waals surface area contributed by atoms with Gasteiger partial charge in [-0.2, -0.15) is 0 Å². The van der Waals surface area contributed by atoms with Crippen LogP contribution in [0.15, 0.2) is 24.3 Å². The molecule has 0 heterocycles. The van der Waals surface area contributed by atoms with E-state index < -0.39 is 17.8 Å². The lowest BCUT2D eigenvalue weighted by molar-refractivity contribution is 0.0939. The minimum atomic E-state index is -0.611. The molecule has 0 saturated heterocycles. The summed E-state index contributed by atoms with van der Waals surface area (Å²) in [4.78, 5) is 12.6. The van der Waals surface area contributed by atoms with Gasteiger partial charge in [-0.05, 0) is 36.8 Å². The van der Waals surface area contributed by atoms with Crippen molar-refractivity contribution in [3.05, 3.63) is 51.3 Å². The zero-order valence-corrected chi connectivity index (χ0v) is 16.2. The van der Waals surface area contributed by atoms with Gasteiger partial charge in [-0.25, -0.2) is 4.39 Å². The minimum Gasteiger partial charge on any atom is -0.493 e. The predicted molar refractivity (Wildman–Crippen MR) is 98.4 cm³/mol. The molecule has 0 aliphatic heterocycles. The van der Waals surface area contributed by atoms with Crippen molar-refractivity contribution in [3.8, 4) is 17.2 Å². The van der Waals surface area contributed by atoms with Gasteiger partial charge in [0.1, 0.15) is 5.82 Å². The Kier molecular flexibility index (Phi) is 6.56. The zero-order chi connectivity index (χ0) is 19.4. The maximum atomic E-state index is 13.7. The van der Waals surface area contributed by atoms with E-state index in [1.54, 1.807) is 6.92 Å². The molecule has 0 aliphatic carbocycles. The number of hydrogen-bond acceptors (Lipinski definition) is 4. The minimum absolute atomic E-state index is 0.0816. The standard InChI is InChI=1S/C18H18Cl2FNO4/c1-9(11-7-14(21)13(20)8-12(11)19)22-18(23)10-5-15(24-2)17(26-4)16(6-10)25-3/h5-9H,1-4H3,(H,22,23). The van der Waals surface area contributed by atoms with Crippen LogP contribution >= 0.6 is 23.2 Å². The molecule has 1 atom stereocenters. The molecule has 5 nitrogen and oxygen atoms in total. The third-order valence-electron chi connectivity index (χ3n) is 3.78. The normalized spacial score (nSPS) is 11.7. The SMILES string of the molecule is COc1cc(C(=O)NC(C)c2cc(F)c(Cl)cc2Cl)cc(OC)c1OC. The van der Waals surface area contributed by atoms with Gasteiger partial charge in [-0.3, -0.25) is 4.79 Å². The van der Waals surface area contributed by atoms with E-state index in [0.717, 1.165) is 0 Å². The fourth-order valence-corrected chi connectivity index (χ4v) is 2.99. The highest BCUT2D eigenvalue weighted by Crippen LogP contribution is 2.38. The molecule has 0 fully saturated rings. The third kappa shape index (κ3) is 4.14. The molecule has 2 aromatic carbocycles. The summed E-state index contributed by atoms with van der Waals surface area (Å²) < 4.78 is 29.4. The lowest BCUT2D eigenvalue weighted by atomic mass is 10.1. The van der Waals surface area contributed by atoms with Gasteiger partial charge in [0.25, 0.3) is 5.91 Å². The average molecular weight is 402 g/mol. The van der Waals surface area contributed by atoms with Crippen molar-refractivity contribution in [1.29, 1.82) is 0 Å². The van der Waals surface area contributed by atoms with E-state index in [2.05, 4.69) is 5.32 Å². The van der Waals surface area contributed by atoms with Crippen LogP contribution in [0.25, 0.3) is 0 Å². The highest BCUT2D eigenvalue weighted by Gasteiger charge is 2.20. The van der Waals surface area contributed by atoms with Crippen LogP contribution in [0.5, 0.6) is 17.2 Å². The Labute approximate surface area is 161 Å². The number of nitrogens with one attached hydrogen (secondary N) is 1. The summed E-state index contributed by atoms with van der Waals surface area (Å²) in [6.45, 7) is 1.68. The molecule has 2 aromatic rings. The van der Waals surface area contributed by atoms with Crippen LogP contribution in [0.1, 0.15) is 28.9 Å². The Morgan fingerprint density at radius 3 is 2.08 bits per heavy atom. The first-order valence-electron chi connectivity index (χ1n) is 7.57. The van der Waals surface area contributed by atoms with Gasteiger partial charge in [-0.15, -0.1) is 0 Å². The first-order valence-corrected chi connectivity index (χ1v) is 8.33. The zero-order valence-electron chi connectivity index (χ0n) is 14.7. The Morgan fingerprint density at radius 2 is 1.58 bits per heavy atom. The molecule has 1 N–H and O–H groups in total. The van der Waals surface area contributed by atoms with Gasteiger partial charge in [0.05, 0.1) is 32.4 Å². The third-order valence-corrected chi connectivity index (χ3v) is 4.40. The number of rotatable bonds is 6. The van der Waals surface area contributed by atoms with Gasteiger partial charge < -0.3 is 19.5 Å². The Morgan fingerprint density at radius 1 is 1.00 bits per heavy atom. The van der Waals surface area contributed by atoms with Gasteiger partial charge in [-0.1, -0.05) is 23.2 Å². The first kappa shape index (κ1) is 20.1. The molecular weight excluding hydrogens is 384 g/mol. The average Bonchev–Trinajstić information content (AvgIpc) is 2.62. The number of methoxy groups -OCH3 is 3. The van der Waals surface area contributed by atoms with Gasteiger partial charge in [0, 0.05) is 10.6 Å². The molecule has 0 saturated carbocycles. The summed E-state index contributed by atoms with van der Waals surface area (Å²) in [5.41, 5.74) is 0.700. The van der Waals surface area contributed by atoms with E-state index in [0.29, 0.717) is 22.8 Å². The fourth-order valence-electron chi connectivity index (χ4n) is 2.44. The molecule has 1 amide bonds. The molecule has 0 bridgehead atoms. The molecular formula is C18H18Cl2FNO4. The summed E-state index contributed by atoms with van der Waals surface area (Å²) in [5, 5.41) is 2.93. The lowest BCUT2D eigenvalue weighted by Gasteiger charge is -2.18. The second kappa shape index (κ2) is 8.47. The highest BCUT2D eigenvalue weighted by atomic mass is 35.5. The quantitative estimate of drug-likeness (QED) is 0.715. The second-order valence-corrected chi connectivity index (χ2v) is 6.21. The number of hydrogen-bond donors (Lipinski definition) is 1. The van der Waals surface area contributed by atoms with Crippen molar-refractivity contribution >= 4 is 29.1 Å². The van der Waals surface area contributed by atoms with Crippen molar-refractivity contribution in [1.82, 2.24) is 5.32 Å². The number of carbonyl (C=O) groups excluding carboxylic acids is 1. The van der Waals surface area contributed by atoms with Crippen molar-refractivity contribution in [3.63, 3.8) is 0 Å². The Hall–Kier alpha value is -2.18. The smallest absolute Gasteiger partial charge is 0.252 e. The molecule has 0 aromatic heterocycles. The largest absolute Gasteiger partial charge is 0.493 e. The Bertz CT molecular complexity index is 804. The van der Waals surface area contributed by atoms with E-state index in [4.69, 9.17) is 37.4 Å². The summed E-state index contributed by atoms with van der Waals surface area (Å²) in [6, 6.07) is 4.99. The summed E-state index contributed by atoms with van der Waals surface area (Å²) in [6.07, 6.45) is 0. The van der Waals surface area contributed by atoms with Crippen molar-refractivity contribution in [2.45, 2.75) is 13.0 Å². The molecule has 0 aliphatic rings. The van der Waals surface area contributed by atoms with Crippen LogP contribution < -0.4 is 19.5 Å². The summed E-state index contributed by atoms with van der Waals surface area (Å²) in [7, 11) is 4.38. The molecule has 0 radical (unpaired) electrons. The molecule has 140 valence electrons. The van der Waals surface area contributed by atoms with E-state index in [1.807, 2.05) is 0 Å². The van der Waals surface area contributed by atoms with Crippen molar-refractivity contribution in [2.75, 3.05) is 21.3 Å². The van der Waals surface area contributed by atoms with Gasteiger partial charge >= 0.3 is 0 Å². The lowest BCUT2D eigenvalue weighted by Crippen LogP contribution is -2.27. The van der Waals surface area contributed by atoms with E-state index >= 15 is 0 Å². The van der Waals surface area contributed by atoms with Crippen LogP contribution in [-0.2, 0) is 0 Å². The van der Waals surface area contributed by atoms with Gasteiger partial charge in [0.2, 0.25) is 5.75 Å². The summed E-state index contributed by atoms with van der Waals surface area (Å²) in [5.74, 6) is 0.0472.